The van der Waals surface area contributed by atoms with E-state index in [1.54, 1.807) is 0 Å². The van der Waals surface area contributed by atoms with E-state index in [0.717, 1.165) is 38.5 Å². The molecule has 0 aliphatic heterocycles. The Balaban J connectivity index is 2.84. The molecule has 1 aliphatic carbocycles. The normalized spacial score (nSPS) is 18.5. The highest BCUT2D eigenvalue weighted by Crippen LogP contribution is 2.44. The molecular formula is C18H34N2O3. The maximum Gasteiger partial charge on any atom is 0.309 e. The Kier molecular flexibility index (Phi) is 7.52. The molecule has 0 heterocycles. The standard InChI is InChI=1S/C18H34N2O3/c1-5-8-14(15(21)23-17(2,3)4)13-18(9-6-7-10-18)16(22)20-12-11-19/h14H,5-13,19H2,1-4H3,(H,20,22). The van der Waals surface area contributed by atoms with Gasteiger partial charge in [0.2, 0.25) is 5.91 Å². The largest absolute Gasteiger partial charge is 0.460 e. The number of esters is 1. The Morgan fingerprint density at radius 1 is 1.26 bits per heavy atom. The van der Waals surface area contributed by atoms with Crippen molar-refractivity contribution >= 4 is 11.9 Å². The summed E-state index contributed by atoms with van der Waals surface area (Å²) < 4.78 is 5.58. The van der Waals surface area contributed by atoms with E-state index in [1.807, 2.05) is 20.8 Å². The topological polar surface area (TPSA) is 81.4 Å². The van der Waals surface area contributed by atoms with E-state index >= 15 is 0 Å². The van der Waals surface area contributed by atoms with Crippen LogP contribution in [0.3, 0.4) is 0 Å². The fraction of sp³-hybridized carbons (Fsp3) is 0.889. The average molecular weight is 326 g/mol. The van der Waals surface area contributed by atoms with Crippen molar-refractivity contribution in [3.63, 3.8) is 0 Å². The molecule has 0 radical (unpaired) electrons. The van der Waals surface area contributed by atoms with Crippen molar-refractivity contribution in [2.75, 3.05) is 13.1 Å². The number of nitrogens with one attached hydrogen (secondary N) is 1. The van der Waals surface area contributed by atoms with E-state index in [9.17, 15) is 9.59 Å². The Morgan fingerprint density at radius 3 is 2.35 bits per heavy atom. The first-order valence-electron chi connectivity index (χ1n) is 8.95. The third kappa shape index (κ3) is 6.13. The Bertz CT molecular complexity index is 396. The van der Waals surface area contributed by atoms with Crippen molar-refractivity contribution in [1.29, 1.82) is 0 Å². The molecule has 23 heavy (non-hydrogen) atoms. The molecule has 0 aromatic heterocycles. The van der Waals surface area contributed by atoms with Crippen LogP contribution in [0, 0.1) is 11.3 Å². The molecule has 1 unspecified atom stereocenters. The van der Waals surface area contributed by atoms with Gasteiger partial charge in [-0.3, -0.25) is 9.59 Å². The molecule has 0 spiro atoms. The summed E-state index contributed by atoms with van der Waals surface area (Å²) in [6, 6.07) is 0. The summed E-state index contributed by atoms with van der Waals surface area (Å²) in [5.74, 6) is -0.316. The van der Waals surface area contributed by atoms with Crippen LogP contribution in [0.4, 0.5) is 0 Å². The van der Waals surface area contributed by atoms with Crippen molar-refractivity contribution in [3.05, 3.63) is 0 Å². The number of hydrogen-bond donors (Lipinski definition) is 2. The maximum atomic E-state index is 12.7. The Morgan fingerprint density at radius 2 is 1.87 bits per heavy atom. The molecule has 0 aromatic rings. The van der Waals surface area contributed by atoms with Gasteiger partial charge in [0.05, 0.1) is 5.92 Å². The third-order valence-electron chi connectivity index (χ3n) is 4.49. The number of carbonyl (C=O) groups excluding carboxylic acids is 2. The van der Waals surface area contributed by atoms with Crippen LogP contribution >= 0.6 is 0 Å². The minimum absolute atomic E-state index is 0.0603. The summed E-state index contributed by atoms with van der Waals surface area (Å²) in [6.07, 6.45) is 6.06. The second kappa shape index (κ2) is 8.67. The van der Waals surface area contributed by atoms with Gasteiger partial charge in [-0.1, -0.05) is 26.2 Å². The number of hydrogen-bond acceptors (Lipinski definition) is 4. The zero-order chi connectivity index (χ0) is 17.5. The molecule has 1 amide bonds. The zero-order valence-electron chi connectivity index (χ0n) is 15.2. The fourth-order valence-corrected chi connectivity index (χ4v) is 3.46. The molecule has 1 saturated carbocycles. The van der Waals surface area contributed by atoms with Crippen LogP contribution in [0.25, 0.3) is 0 Å². The zero-order valence-corrected chi connectivity index (χ0v) is 15.2. The highest BCUT2D eigenvalue weighted by molar-refractivity contribution is 5.84. The summed E-state index contributed by atoms with van der Waals surface area (Å²) in [6.45, 7) is 8.64. The van der Waals surface area contributed by atoms with Crippen LogP contribution in [0.5, 0.6) is 0 Å². The second-order valence-electron chi connectivity index (χ2n) is 7.76. The van der Waals surface area contributed by atoms with E-state index in [1.165, 1.54) is 0 Å². The fourth-order valence-electron chi connectivity index (χ4n) is 3.46. The van der Waals surface area contributed by atoms with Gasteiger partial charge in [-0.25, -0.2) is 0 Å². The summed E-state index contributed by atoms with van der Waals surface area (Å²) in [4.78, 5) is 25.2. The van der Waals surface area contributed by atoms with Crippen LogP contribution in [-0.4, -0.2) is 30.6 Å². The van der Waals surface area contributed by atoms with Crippen LogP contribution < -0.4 is 11.1 Å². The van der Waals surface area contributed by atoms with Crippen LogP contribution in [0.15, 0.2) is 0 Å². The quantitative estimate of drug-likeness (QED) is 0.672. The molecule has 1 aliphatic rings. The van der Waals surface area contributed by atoms with Gasteiger partial charge in [0, 0.05) is 18.5 Å². The smallest absolute Gasteiger partial charge is 0.309 e. The molecule has 0 aromatic carbocycles. The molecule has 5 heteroatoms. The van der Waals surface area contributed by atoms with E-state index in [2.05, 4.69) is 12.2 Å². The number of ether oxygens (including phenoxy) is 1. The molecule has 0 saturated heterocycles. The number of amides is 1. The van der Waals surface area contributed by atoms with Crippen molar-refractivity contribution < 1.29 is 14.3 Å². The number of rotatable bonds is 8. The van der Waals surface area contributed by atoms with E-state index in [0.29, 0.717) is 19.5 Å². The second-order valence-corrected chi connectivity index (χ2v) is 7.76. The predicted octanol–water partition coefficient (Wildman–Crippen LogP) is 2.77. The lowest BCUT2D eigenvalue weighted by Crippen LogP contribution is -2.43. The molecule has 1 atom stereocenters. The van der Waals surface area contributed by atoms with Gasteiger partial charge in [0.1, 0.15) is 5.60 Å². The van der Waals surface area contributed by atoms with Crippen LogP contribution in [0.2, 0.25) is 0 Å². The molecule has 134 valence electrons. The lowest BCUT2D eigenvalue weighted by atomic mass is 9.75. The maximum absolute atomic E-state index is 12.7. The van der Waals surface area contributed by atoms with Crippen LogP contribution in [-0.2, 0) is 14.3 Å². The molecule has 3 N–H and O–H groups in total. The van der Waals surface area contributed by atoms with Gasteiger partial charge in [-0.15, -0.1) is 0 Å². The average Bonchev–Trinajstić information content (AvgIpc) is 2.92. The number of carbonyl (C=O) groups is 2. The highest BCUT2D eigenvalue weighted by atomic mass is 16.6. The van der Waals surface area contributed by atoms with Gasteiger partial charge >= 0.3 is 5.97 Å². The minimum atomic E-state index is -0.492. The minimum Gasteiger partial charge on any atom is -0.460 e. The molecular weight excluding hydrogens is 292 g/mol. The first-order valence-corrected chi connectivity index (χ1v) is 8.95. The van der Waals surface area contributed by atoms with E-state index < -0.39 is 11.0 Å². The SMILES string of the molecule is CCCC(CC1(C(=O)NCCN)CCCC1)C(=O)OC(C)(C)C. The highest BCUT2D eigenvalue weighted by Gasteiger charge is 2.44. The van der Waals surface area contributed by atoms with Gasteiger partial charge < -0.3 is 15.8 Å². The lowest BCUT2D eigenvalue weighted by Gasteiger charge is -2.32. The summed E-state index contributed by atoms with van der Waals surface area (Å²) >= 11 is 0. The first-order chi connectivity index (χ1) is 10.7. The van der Waals surface area contributed by atoms with Crippen molar-refractivity contribution in [2.24, 2.45) is 17.1 Å². The van der Waals surface area contributed by atoms with Gasteiger partial charge in [0.15, 0.2) is 0 Å². The Labute approximate surface area is 140 Å². The van der Waals surface area contributed by atoms with Gasteiger partial charge in [-0.05, 0) is 46.5 Å². The third-order valence-corrected chi connectivity index (χ3v) is 4.49. The van der Waals surface area contributed by atoms with Crippen molar-refractivity contribution in [2.45, 2.75) is 78.2 Å². The molecule has 5 nitrogen and oxygen atoms in total. The van der Waals surface area contributed by atoms with Gasteiger partial charge in [-0.2, -0.15) is 0 Å². The summed E-state index contributed by atoms with van der Waals surface area (Å²) in [5, 5.41) is 2.93. The first kappa shape index (κ1) is 19.9. The van der Waals surface area contributed by atoms with E-state index in [4.69, 9.17) is 10.5 Å². The molecule has 1 fully saturated rings. The summed E-state index contributed by atoms with van der Waals surface area (Å²) in [5.41, 5.74) is 4.58. The Hall–Kier alpha value is -1.10. The monoisotopic (exact) mass is 326 g/mol. The predicted molar refractivity (Wildman–Crippen MR) is 91.8 cm³/mol. The molecule has 1 rings (SSSR count). The van der Waals surface area contributed by atoms with Crippen molar-refractivity contribution in [3.8, 4) is 0 Å². The van der Waals surface area contributed by atoms with Gasteiger partial charge in [0.25, 0.3) is 0 Å². The van der Waals surface area contributed by atoms with Crippen LogP contribution in [0.1, 0.15) is 72.6 Å². The van der Waals surface area contributed by atoms with E-state index in [-0.39, 0.29) is 17.8 Å². The lowest BCUT2D eigenvalue weighted by molar-refractivity contribution is -0.162. The number of nitrogens with two attached hydrogens (primary N) is 1. The van der Waals surface area contributed by atoms with Crippen molar-refractivity contribution in [1.82, 2.24) is 5.32 Å². The molecule has 0 bridgehead atoms. The summed E-state index contributed by atoms with van der Waals surface area (Å²) in [7, 11) is 0.